The average Bonchev–Trinajstić information content (AvgIpc) is 3.36. The quantitative estimate of drug-likeness (QED) is 0.686. The molecule has 0 radical (unpaired) electrons. The van der Waals surface area contributed by atoms with Crippen LogP contribution in [0.1, 0.15) is 67.7 Å². The minimum absolute atomic E-state index is 0.0439. The van der Waals surface area contributed by atoms with E-state index in [-0.39, 0.29) is 16.8 Å². The summed E-state index contributed by atoms with van der Waals surface area (Å²) in [6, 6.07) is 12.4. The minimum atomic E-state index is -0.266. The lowest BCUT2D eigenvalue weighted by Crippen LogP contribution is -2.48. The first-order chi connectivity index (χ1) is 14.2. The van der Waals surface area contributed by atoms with Crippen molar-refractivity contribution >= 4 is 0 Å². The molecular weight excluding hydrogens is 365 g/mol. The summed E-state index contributed by atoms with van der Waals surface area (Å²) in [4.78, 5) is 4.54. The van der Waals surface area contributed by atoms with Gasteiger partial charge in [-0.1, -0.05) is 30.7 Å². The van der Waals surface area contributed by atoms with E-state index < -0.39 is 0 Å². The molecule has 0 amide bonds. The zero-order valence-corrected chi connectivity index (χ0v) is 17.0. The molecule has 1 aliphatic carbocycles. The first-order valence-corrected chi connectivity index (χ1v) is 11.1. The Bertz CT molecular complexity index is 846. The van der Waals surface area contributed by atoms with Crippen LogP contribution < -0.4 is 0 Å². The molecule has 4 heteroatoms. The van der Waals surface area contributed by atoms with Crippen LogP contribution >= 0.6 is 0 Å². The zero-order chi connectivity index (χ0) is 19.7. The predicted molar refractivity (Wildman–Crippen MR) is 111 cm³/mol. The maximum absolute atomic E-state index is 13.6. The summed E-state index contributed by atoms with van der Waals surface area (Å²) >= 11 is 0. The molecule has 0 saturated carbocycles. The smallest absolute Gasteiger partial charge is 0.141 e. The summed E-state index contributed by atoms with van der Waals surface area (Å²) in [6.45, 7) is 2.17. The van der Waals surface area contributed by atoms with Crippen LogP contribution in [-0.2, 0) is 21.3 Å². The van der Waals surface area contributed by atoms with E-state index in [0.29, 0.717) is 12.5 Å². The highest BCUT2D eigenvalue weighted by Crippen LogP contribution is 2.48. The first-order valence-electron chi connectivity index (χ1n) is 11.1. The van der Waals surface area contributed by atoms with Crippen molar-refractivity contribution in [2.75, 3.05) is 19.8 Å². The van der Waals surface area contributed by atoms with Crippen molar-refractivity contribution in [3.8, 4) is 0 Å². The Morgan fingerprint density at radius 2 is 2.03 bits per heavy atom. The molecule has 0 N–H and O–H groups in total. The maximum Gasteiger partial charge on any atom is 0.141 e. The van der Waals surface area contributed by atoms with Crippen LogP contribution in [0.5, 0.6) is 0 Å². The van der Waals surface area contributed by atoms with E-state index in [1.165, 1.54) is 31.0 Å². The Labute approximate surface area is 172 Å². The molecule has 2 aliphatic heterocycles. The van der Waals surface area contributed by atoms with Crippen molar-refractivity contribution < 1.29 is 13.9 Å². The third kappa shape index (κ3) is 3.73. The molecule has 2 saturated heterocycles. The van der Waals surface area contributed by atoms with Crippen molar-refractivity contribution in [2.45, 2.75) is 68.3 Å². The molecule has 5 rings (SSSR count). The van der Waals surface area contributed by atoms with Crippen LogP contribution in [0.2, 0.25) is 0 Å². The lowest BCUT2D eigenvalue weighted by Gasteiger charge is -2.45. The Morgan fingerprint density at radius 1 is 1.10 bits per heavy atom. The van der Waals surface area contributed by atoms with Gasteiger partial charge in [-0.25, -0.2) is 4.39 Å². The van der Waals surface area contributed by atoms with E-state index in [1.54, 1.807) is 11.6 Å². The Morgan fingerprint density at radius 3 is 2.86 bits per heavy atom. The third-order valence-electron chi connectivity index (χ3n) is 7.45. The second kappa shape index (κ2) is 7.81. The Kier molecular flexibility index (Phi) is 5.17. The molecule has 2 aromatic rings. The number of nitrogens with zero attached hydrogens (tertiary/aromatic N) is 1. The van der Waals surface area contributed by atoms with Gasteiger partial charge in [-0.05, 0) is 67.7 Å². The summed E-state index contributed by atoms with van der Waals surface area (Å²) in [5, 5.41) is 0. The van der Waals surface area contributed by atoms with Crippen LogP contribution in [-0.4, -0.2) is 30.4 Å². The number of benzene rings is 1. The SMILES string of the molecule is Fc1ccc(C2(CCCC3CCc4ccccc43)CCOC3(CCOC3)C2)nc1. The number of aryl methyl sites for hydroxylation is 1. The number of halogens is 1. The zero-order valence-electron chi connectivity index (χ0n) is 17.0. The highest BCUT2D eigenvalue weighted by atomic mass is 19.1. The highest BCUT2D eigenvalue weighted by Gasteiger charge is 2.49. The lowest BCUT2D eigenvalue weighted by atomic mass is 9.67. The fraction of sp³-hybridized carbons (Fsp3) is 0.560. The normalized spacial score (nSPS) is 31.3. The molecule has 3 unspecified atom stereocenters. The Balaban J connectivity index is 1.34. The largest absolute Gasteiger partial charge is 0.378 e. The molecule has 1 spiro atoms. The van der Waals surface area contributed by atoms with E-state index in [4.69, 9.17) is 9.47 Å². The summed E-state index contributed by atoms with van der Waals surface area (Å²) < 4.78 is 25.5. The highest BCUT2D eigenvalue weighted by molar-refractivity contribution is 5.34. The van der Waals surface area contributed by atoms with Crippen LogP contribution in [0.3, 0.4) is 0 Å². The van der Waals surface area contributed by atoms with Gasteiger partial charge < -0.3 is 9.47 Å². The monoisotopic (exact) mass is 395 g/mol. The van der Waals surface area contributed by atoms with Crippen LogP contribution in [0.4, 0.5) is 4.39 Å². The van der Waals surface area contributed by atoms with Crippen molar-refractivity contribution in [2.24, 2.45) is 0 Å². The summed E-state index contributed by atoms with van der Waals surface area (Å²) in [5.41, 5.74) is 3.88. The molecule has 2 fully saturated rings. The van der Waals surface area contributed by atoms with E-state index in [1.807, 2.05) is 6.07 Å². The molecule has 1 aromatic heterocycles. The third-order valence-corrected chi connectivity index (χ3v) is 7.45. The second-order valence-corrected chi connectivity index (χ2v) is 9.23. The van der Waals surface area contributed by atoms with Crippen LogP contribution in [0.25, 0.3) is 0 Å². The van der Waals surface area contributed by atoms with E-state index >= 15 is 0 Å². The molecule has 0 bridgehead atoms. The van der Waals surface area contributed by atoms with E-state index in [0.717, 1.165) is 51.0 Å². The molecule has 154 valence electrons. The number of rotatable bonds is 5. The minimum Gasteiger partial charge on any atom is -0.378 e. The molecule has 3 aliphatic rings. The van der Waals surface area contributed by atoms with Gasteiger partial charge in [0.1, 0.15) is 5.82 Å². The van der Waals surface area contributed by atoms with Crippen molar-refractivity contribution in [3.63, 3.8) is 0 Å². The standard InChI is InChI=1S/C25H30FNO2/c26-21-9-10-23(27-16-21)24(12-15-29-25(17-24)13-14-28-18-25)11-3-5-20-8-7-19-4-1-2-6-22(19)20/h1-2,4,6,9-10,16,20H,3,5,7-8,11-15,17-18H2. The number of hydrogen-bond acceptors (Lipinski definition) is 3. The number of pyridine rings is 1. The molecule has 1 aromatic carbocycles. The predicted octanol–water partition coefficient (Wildman–Crippen LogP) is 5.33. The van der Waals surface area contributed by atoms with Gasteiger partial charge in [0.25, 0.3) is 0 Å². The van der Waals surface area contributed by atoms with Gasteiger partial charge in [-0.3, -0.25) is 4.98 Å². The van der Waals surface area contributed by atoms with Crippen molar-refractivity contribution in [1.82, 2.24) is 4.98 Å². The van der Waals surface area contributed by atoms with Gasteiger partial charge in [0, 0.05) is 30.7 Å². The number of fused-ring (bicyclic) bond motifs is 1. The second-order valence-electron chi connectivity index (χ2n) is 9.23. The van der Waals surface area contributed by atoms with Crippen LogP contribution in [0.15, 0.2) is 42.6 Å². The summed E-state index contributed by atoms with van der Waals surface area (Å²) in [5.74, 6) is 0.408. The molecule has 3 nitrogen and oxygen atoms in total. The molecule has 29 heavy (non-hydrogen) atoms. The van der Waals surface area contributed by atoms with Crippen molar-refractivity contribution in [3.05, 3.63) is 65.2 Å². The van der Waals surface area contributed by atoms with E-state index in [2.05, 4.69) is 29.2 Å². The fourth-order valence-corrected chi connectivity index (χ4v) is 5.94. The molecule has 3 heterocycles. The summed E-state index contributed by atoms with van der Waals surface area (Å²) in [7, 11) is 0. The molecule has 3 atom stereocenters. The Hall–Kier alpha value is -1.78. The van der Waals surface area contributed by atoms with Gasteiger partial charge in [-0.15, -0.1) is 0 Å². The number of aromatic nitrogens is 1. The first kappa shape index (κ1) is 19.2. The van der Waals surface area contributed by atoms with Gasteiger partial charge in [0.2, 0.25) is 0 Å². The van der Waals surface area contributed by atoms with Gasteiger partial charge in [-0.2, -0.15) is 0 Å². The summed E-state index contributed by atoms with van der Waals surface area (Å²) in [6.07, 6.45) is 10.1. The lowest BCUT2D eigenvalue weighted by molar-refractivity contribution is -0.109. The topological polar surface area (TPSA) is 31.4 Å². The van der Waals surface area contributed by atoms with Crippen molar-refractivity contribution in [1.29, 1.82) is 0 Å². The van der Waals surface area contributed by atoms with Gasteiger partial charge in [0.05, 0.1) is 18.4 Å². The molecular formula is C25H30FNO2. The maximum atomic E-state index is 13.6. The van der Waals surface area contributed by atoms with E-state index in [9.17, 15) is 4.39 Å². The number of hydrogen-bond donors (Lipinski definition) is 0. The van der Waals surface area contributed by atoms with Gasteiger partial charge >= 0.3 is 0 Å². The fourth-order valence-electron chi connectivity index (χ4n) is 5.94. The average molecular weight is 396 g/mol. The van der Waals surface area contributed by atoms with Gasteiger partial charge in [0.15, 0.2) is 0 Å². The number of ether oxygens (including phenoxy) is 2. The van der Waals surface area contributed by atoms with Crippen LogP contribution in [0, 0.1) is 5.82 Å².